The number of carbonyl (C=O) groups excluding carboxylic acids is 1. The lowest BCUT2D eigenvalue weighted by Crippen LogP contribution is -2.37. The van der Waals surface area contributed by atoms with E-state index in [2.05, 4.69) is 0 Å². The fourth-order valence-corrected chi connectivity index (χ4v) is 4.44. The third-order valence-corrected chi connectivity index (χ3v) is 6.04. The van der Waals surface area contributed by atoms with Crippen LogP contribution in [0.15, 0.2) is 52.0 Å². The van der Waals surface area contributed by atoms with Crippen molar-refractivity contribution in [3.05, 3.63) is 53.4 Å². The first-order valence-electron chi connectivity index (χ1n) is 7.57. The SMILES string of the molecule is O=C(c1ccco1)N1CCCN(S(=O)(=O)c2cccc(Cl)c2)CC1. The van der Waals surface area contributed by atoms with Crippen LogP contribution in [-0.4, -0.2) is 49.7 Å². The van der Waals surface area contributed by atoms with E-state index in [0.717, 1.165) is 0 Å². The summed E-state index contributed by atoms with van der Waals surface area (Å²) >= 11 is 5.90. The Morgan fingerprint density at radius 1 is 1.08 bits per heavy atom. The number of furan rings is 1. The molecular weight excluding hydrogens is 352 g/mol. The van der Waals surface area contributed by atoms with Crippen molar-refractivity contribution in [3.63, 3.8) is 0 Å². The Kier molecular flexibility index (Phi) is 4.93. The first-order valence-corrected chi connectivity index (χ1v) is 9.39. The van der Waals surface area contributed by atoms with Crippen LogP contribution in [0.25, 0.3) is 0 Å². The first kappa shape index (κ1) is 17.0. The first-order chi connectivity index (χ1) is 11.5. The molecule has 0 bridgehead atoms. The third kappa shape index (κ3) is 3.48. The molecule has 0 aliphatic carbocycles. The highest BCUT2D eigenvalue weighted by Gasteiger charge is 2.29. The van der Waals surface area contributed by atoms with Crippen molar-refractivity contribution in [1.82, 2.24) is 9.21 Å². The fourth-order valence-electron chi connectivity index (χ4n) is 2.67. The van der Waals surface area contributed by atoms with Crippen molar-refractivity contribution in [2.24, 2.45) is 0 Å². The van der Waals surface area contributed by atoms with Gasteiger partial charge in [0.25, 0.3) is 5.91 Å². The Morgan fingerprint density at radius 3 is 2.62 bits per heavy atom. The van der Waals surface area contributed by atoms with Gasteiger partial charge in [-0.25, -0.2) is 8.42 Å². The van der Waals surface area contributed by atoms with Gasteiger partial charge >= 0.3 is 0 Å². The van der Waals surface area contributed by atoms with E-state index in [1.54, 1.807) is 29.2 Å². The van der Waals surface area contributed by atoms with Gasteiger partial charge in [-0.05, 0) is 36.8 Å². The Hall–Kier alpha value is -1.83. The van der Waals surface area contributed by atoms with Gasteiger partial charge < -0.3 is 9.32 Å². The predicted octanol–water partition coefficient (Wildman–Crippen LogP) is 2.47. The summed E-state index contributed by atoms with van der Waals surface area (Å²) in [5.41, 5.74) is 0. The number of rotatable bonds is 3. The van der Waals surface area contributed by atoms with Crippen molar-refractivity contribution >= 4 is 27.5 Å². The smallest absolute Gasteiger partial charge is 0.289 e. The van der Waals surface area contributed by atoms with E-state index >= 15 is 0 Å². The molecule has 1 aliphatic heterocycles. The number of halogens is 1. The molecule has 6 nitrogen and oxygen atoms in total. The van der Waals surface area contributed by atoms with Crippen LogP contribution in [0.2, 0.25) is 5.02 Å². The standard InChI is InChI=1S/C16H17ClN2O4S/c17-13-4-1-5-14(12-13)24(21,22)19-8-3-7-18(9-10-19)16(20)15-6-2-11-23-15/h1-2,4-6,11-12H,3,7-10H2. The second-order valence-electron chi connectivity index (χ2n) is 5.48. The molecule has 2 heterocycles. The number of benzene rings is 1. The van der Waals surface area contributed by atoms with Gasteiger partial charge in [-0.15, -0.1) is 0 Å². The third-order valence-electron chi connectivity index (χ3n) is 3.91. The summed E-state index contributed by atoms with van der Waals surface area (Å²) in [4.78, 5) is 14.1. The molecule has 1 amide bonds. The number of hydrogen-bond acceptors (Lipinski definition) is 4. The van der Waals surface area contributed by atoms with Crippen molar-refractivity contribution in [2.75, 3.05) is 26.2 Å². The zero-order chi connectivity index (χ0) is 17.2. The zero-order valence-electron chi connectivity index (χ0n) is 12.9. The molecule has 24 heavy (non-hydrogen) atoms. The second kappa shape index (κ2) is 6.96. The molecular formula is C16H17ClN2O4S. The molecule has 1 saturated heterocycles. The molecule has 1 fully saturated rings. The highest BCUT2D eigenvalue weighted by molar-refractivity contribution is 7.89. The summed E-state index contributed by atoms with van der Waals surface area (Å²) in [5, 5.41) is 0.375. The van der Waals surface area contributed by atoms with Crippen molar-refractivity contribution in [2.45, 2.75) is 11.3 Å². The summed E-state index contributed by atoms with van der Waals surface area (Å²) in [6.45, 7) is 1.40. The van der Waals surface area contributed by atoms with Crippen LogP contribution in [0.3, 0.4) is 0 Å². The number of hydrogen-bond donors (Lipinski definition) is 0. The van der Waals surface area contributed by atoms with E-state index in [1.807, 2.05) is 0 Å². The highest BCUT2D eigenvalue weighted by Crippen LogP contribution is 2.21. The summed E-state index contributed by atoms with van der Waals surface area (Å²) in [6.07, 6.45) is 2.01. The average molecular weight is 369 g/mol. The van der Waals surface area contributed by atoms with Gasteiger partial charge in [-0.3, -0.25) is 4.79 Å². The van der Waals surface area contributed by atoms with Crippen molar-refractivity contribution < 1.29 is 17.6 Å². The lowest BCUT2D eigenvalue weighted by molar-refractivity contribution is 0.0732. The maximum atomic E-state index is 12.7. The minimum absolute atomic E-state index is 0.167. The van der Waals surface area contributed by atoms with Crippen LogP contribution >= 0.6 is 11.6 Å². The lowest BCUT2D eigenvalue weighted by Gasteiger charge is -2.21. The molecule has 0 spiro atoms. The molecule has 0 unspecified atom stereocenters. The second-order valence-corrected chi connectivity index (χ2v) is 7.86. The van der Waals surface area contributed by atoms with E-state index in [-0.39, 0.29) is 23.1 Å². The molecule has 0 saturated carbocycles. The average Bonchev–Trinajstić information content (AvgIpc) is 2.98. The fraction of sp³-hybridized carbons (Fsp3) is 0.312. The highest BCUT2D eigenvalue weighted by atomic mass is 35.5. The summed E-state index contributed by atoms with van der Waals surface area (Å²) < 4.78 is 32.0. The van der Waals surface area contributed by atoms with E-state index in [1.165, 1.54) is 22.7 Å². The molecule has 3 rings (SSSR count). The zero-order valence-corrected chi connectivity index (χ0v) is 14.5. The van der Waals surface area contributed by atoms with E-state index < -0.39 is 10.0 Å². The molecule has 1 aromatic carbocycles. The summed E-state index contributed by atoms with van der Waals surface area (Å²) in [6, 6.07) is 9.46. The van der Waals surface area contributed by atoms with Crippen molar-refractivity contribution in [3.8, 4) is 0 Å². The number of sulfonamides is 1. The number of nitrogens with zero attached hydrogens (tertiary/aromatic N) is 2. The van der Waals surface area contributed by atoms with Crippen LogP contribution in [0.1, 0.15) is 17.0 Å². The van der Waals surface area contributed by atoms with E-state index in [4.69, 9.17) is 16.0 Å². The maximum absolute atomic E-state index is 12.7. The lowest BCUT2D eigenvalue weighted by atomic mass is 10.3. The molecule has 1 aromatic heterocycles. The molecule has 0 N–H and O–H groups in total. The molecule has 0 atom stereocenters. The molecule has 8 heteroatoms. The van der Waals surface area contributed by atoms with Crippen LogP contribution in [0.4, 0.5) is 0 Å². The Balaban J connectivity index is 1.74. The van der Waals surface area contributed by atoms with Gasteiger partial charge in [0, 0.05) is 31.2 Å². The summed E-state index contributed by atoms with van der Waals surface area (Å²) in [5.74, 6) is 0.0446. The molecule has 0 radical (unpaired) electrons. The van der Waals surface area contributed by atoms with Gasteiger partial charge in [-0.2, -0.15) is 4.31 Å². The number of amides is 1. The van der Waals surface area contributed by atoms with Gasteiger partial charge in [0.2, 0.25) is 10.0 Å². The Labute approximate surface area is 145 Å². The summed E-state index contributed by atoms with van der Waals surface area (Å²) in [7, 11) is -3.62. The van der Waals surface area contributed by atoms with Crippen molar-refractivity contribution in [1.29, 1.82) is 0 Å². The quantitative estimate of drug-likeness (QED) is 0.834. The monoisotopic (exact) mass is 368 g/mol. The van der Waals surface area contributed by atoms with Crippen LogP contribution < -0.4 is 0 Å². The molecule has 2 aromatic rings. The van der Waals surface area contributed by atoms with E-state index in [0.29, 0.717) is 31.1 Å². The van der Waals surface area contributed by atoms with Gasteiger partial charge in [0.1, 0.15) is 0 Å². The van der Waals surface area contributed by atoms with E-state index in [9.17, 15) is 13.2 Å². The van der Waals surface area contributed by atoms with Gasteiger partial charge in [0.15, 0.2) is 5.76 Å². The number of carbonyl (C=O) groups is 1. The Morgan fingerprint density at radius 2 is 1.92 bits per heavy atom. The van der Waals surface area contributed by atoms with Crippen LogP contribution in [0, 0.1) is 0 Å². The maximum Gasteiger partial charge on any atom is 0.289 e. The normalized spacial score (nSPS) is 16.8. The predicted molar refractivity (Wildman–Crippen MR) is 89.4 cm³/mol. The molecule has 128 valence electrons. The molecule has 1 aliphatic rings. The largest absolute Gasteiger partial charge is 0.459 e. The minimum atomic E-state index is -3.62. The Bertz CT molecular complexity index is 820. The van der Waals surface area contributed by atoms with Crippen LogP contribution in [0.5, 0.6) is 0 Å². The van der Waals surface area contributed by atoms with Gasteiger partial charge in [0.05, 0.1) is 11.2 Å². The van der Waals surface area contributed by atoms with Gasteiger partial charge in [-0.1, -0.05) is 17.7 Å². The minimum Gasteiger partial charge on any atom is -0.459 e. The topological polar surface area (TPSA) is 70.8 Å². The van der Waals surface area contributed by atoms with Crippen LogP contribution in [-0.2, 0) is 10.0 Å².